The summed E-state index contributed by atoms with van der Waals surface area (Å²) in [7, 11) is 3.10. The normalized spacial score (nSPS) is 17.2. The first-order valence-electron chi connectivity index (χ1n) is 9.44. The number of rotatable bonds is 7. The smallest absolute Gasteiger partial charge is 0.355 e. The number of hydrogen-bond donors (Lipinski definition) is 2. The molecule has 1 aromatic carbocycles. The molecule has 0 aromatic heterocycles. The number of nitrogens with one attached hydrogen (secondary N) is 2. The number of halogens is 4. The number of likely N-dealkylation sites (tertiary alicyclic amines) is 1. The van der Waals surface area contributed by atoms with Crippen LogP contribution in [0.3, 0.4) is 0 Å². The Morgan fingerprint density at radius 3 is 2.43 bits per heavy atom. The number of piperidine rings is 1. The molecule has 0 bridgehead atoms. The highest BCUT2D eigenvalue weighted by Crippen LogP contribution is 2.15. The number of benzene rings is 1. The van der Waals surface area contributed by atoms with E-state index in [1.165, 1.54) is 24.1 Å². The molecule has 1 fully saturated rings. The Morgan fingerprint density at radius 2 is 1.86 bits per heavy atom. The lowest BCUT2D eigenvalue weighted by Crippen LogP contribution is -2.49. The molecule has 1 saturated heterocycles. The standard InChI is InChI=1S/C19H29F4N5/c1-24-18(25-9-12-27(2)14-19(21,22)23)26-17-7-10-28(11-8-17)13-15-3-5-16(20)6-4-15/h3-6,17H,7-14H2,1-2H3,(H2,24,25,26). The van der Waals surface area contributed by atoms with Crippen molar-refractivity contribution < 1.29 is 17.6 Å². The first kappa shape index (κ1) is 22.4. The number of aliphatic imine (C=N–C) groups is 1. The van der Waals surface area contributed by atoms with Crippen LogP contribution in [-0.4, -0.2) is 74.8 Å². The van der Waals surface area contributed by atoms with Gasteiger partial charge >= 0.3 is 6.18 Å². The molecule has 1 aromatic rings. The van der Waals surface area contributed by atoms with Crippen LogP contribution < -0.4 is 10.6 Å². The lowest BCUT2D eigenvalue weighted by atomic mass is 10.0. The van der Waals surface area contributed by atoms with Gasteiger partial charge in [0.1, 0.15) is 5.82 Å². The summed E-state index contributed by atoms with van der Waals surface area (Å²) in [6.45, 7) is 2.37. The quantitative estimate of drug-likeness (QED) is 0.417. The van der Waals surface area contributed by atoms with Crippen LogP contribution in [0.1, 0.15) is 18.4 Å². The molecule has 1 heterocycles. The minimum atomic E-state index is -4.18. The Kier molecular flexibility index (Phi) is 8.50. The van der Waals surface area contributed by atoms with Crippen molar-refractivity contribution in [1.82, 2.24) is 20.4 Å². The first-order chi connectivity index (χ1) is 13.2. The van der Waals surface area contributed by atoms with Gasteiger partial charge < -0.3 is 10.6 Å². The number of guanidine groups is 1. The van der Waals surface area contributed by atoms with Crippen molar-refractivity contribution in [3.05, 3.63) is 35.6 Å². The molecule has 0 spiro atoms. The van der Waals surface area contributed by atoms with Gasteiger partial charge in [0, 0.05) is 45.8 Å². The van der Waals surface area contributed by atoms with Crippen molar-refractivity contribution in [3.8, 4) is 0 Å². The topological polar surface area (TPSA) is 42.9 Å². The van der Waals surface area contributed by atoms with E-state index >= 15 is 0 Å². The minimum absolute atomic E-state index is 0.227. The van der Waals surface area contributed by atoms with Crippen molar-refractivity contribution in [2.24, 2.45) is 4.99 Å². The van der Waals surface area contributed by atoms with Crippen molar-refractivity contribution in [1.29, 1.82) is 0 Å². The SMILES string of the molecule is CN=C(NCCN(C)CC(F)(F)F)NC1CCN(Cc2ccc(F)cc2)CC1. The molecular formula is C19H29F4N5. The zero-order valence-electron chi connectivity index (χ0n) is 16.4. The van der Waals surface area contributed by atoms with Gasteiger partial charge in [-0.2, -0.15) is 13.2 Å². The summed E-state index contributed by atoms with van der Waals surface area (Å²) in [5, 5.41) is 6.41. The maximum absolute atomic E-state index is 13.0. The molecule has 1 aliphatic heterocycles. The van der Waals surface area contributed by atoms with Gasteiger partial charge in [-0.05, 0) is 37.6 Å². The Hall–Kier alpha value is -1.87. The van der Waals surface area contributed by atoms with Crippen LogP contribution in [0, 0.1) is 5.82 Å². The van der Waals surface area contributed by atoms with E-state index in [0.717, 1.165) is 38.0 Å². The Labute approximate surface area is 163 Å². The molecule has 0 radical (unpaired) electrons. The van der Waals surface area contributed by atoms with E-state index in [-0.39, 0.29) is 18.4 Å². The predicted molar refractivity (Wildman–Crippen MR) is 103 cm³/mol. The zero-order valence-corrected chi connectivity index (χ0v) is 16.4. The number of hydrogen-bond acceptors (Lipinski definition) is 3. The van der Waals surface area contributed by atoms with E-state index < -0.39 is 12.7 Å². The van der Waals surface area contributed by atoms with E-state index in [0.29, 0.717) is 12.5 Å². The van der Waals surface area contributed by atoms with E-state index in [1.807, 2.05) is 0 Å². The molecule has 2 rings (SSSR count). The summed E-state index contributed by atoms with van der Waals surface area (Å²) in [5.41, 5.74) is 1.09. The summed E-state index contributed by atoms with van der Waals surface area (Å²) in [5.74, 6) is 0.382. The van der Waals surface area contributed by atoms with E-state index in [1.54, 1.807) is 19.2 Å². The van der Waals surface area contributed by atoms with Gasteiger partial charge in [0.25, 0.3) is 0 Å². The second kappa shape index (κ2) is 10.6. The molecule has 1 aliphatic rings. The van der Waals surface area contributed by atoms with Gasteiger partial charge in [-0.3, -0.25) is 14.8 Å². The molecule has 28 heavy (non-hydrogen) atoms. The molecule has 0 amide bonds. The summed E-state index contributed by atoms with van der Waals surface area (Å²) in [6, 6.07) is 6.84. The first-order valence-corrected chi connectivity index (χ1v) is 9.44. The Morgan fingerprint density at radius 1 is 1.21 bits per heavy atom. The fourth-order valence-corrected chi connectivity index (χ4v) is 3.22. The van der Waals surface area contributed by atoms with Gasteiger partial charge in [0.15, 0.2) is 5.96 Å². The minimum Gasteiger partial charge on any atom is -0.355 e. The van der Waals surface area contributed by atoms with Gasteiger partial charge in [0.2, 0.25) is 0 Å². The zero-order chi connectivity index (χ0) is 20.6. The van der Waals surface area contributed by atoms with Crippen LogP contribution in [0.2, 0.25) is 0 Å². The van der Waals surface area contributed by atoms with Crippen molar-refractivity contribution in [2.45, 2.75) is 31.6 Å². The predicted octanol–water partition coefficient (Wildman–Crippen LogP) is 2.45. The molecule has 2 N–H and O–H groups in total. The molecule has 9 heteroatoms. The van der Waals surface area contributed by atoms with Crippen LogP contribution in [0.5, 0.6) is 0 Å². The highest BCUT2D eigenvalue weighted by atomic mass is 19.4. The molecular weight excluding hydrogens is 374 g/mol. The Balaban J connectivity index is 1.67. The van der Waals surface area contributed by atoms with Gasteiger partial charge in [-0.25, -0.2) is 4.39 Å². The van der Waals surface area contributed by atoms with Crippen molar-refractivity contribution in [2.75, 3.05) is 46.8 Å². The highest BCUT2D eigenvalue weighted by Gasteiger charge is 2.28. The van der Waals surface area contributed by atoms with E-state index in [2.05, 4.69) is 20.5 Å². The van der Waals surface area contributed by atoms with Gasteiger partial charge in [-0.15, -0.1) is 0 Å². The monoisotopic (exact) mass is 403 g/mol. The fraction of sp³-hybridized carbons (Fsp3) is 0.632. The summed E-state index contributed by atoms with van der Waals surface area (Å²) in [4.78, 5) is 7.71. The second-order valence-electron chi connectivity index (χ2n) is 7.17. The largest absolute Gasteiger partial charge is 0.401 e. The van der Waals surface area contributed by atoms with Crippen LogP contribution in [0.25, 0.3) is 0 Å². The number of alkyl halides is 3. The molecule has 0 saturated carbocycles. The van der Waals surface area contributed by atoms with Crippen LogP contribution in [-0.2, 0) is 6.54 Å². The third kappa shape index (κ3) is 8.43. The van der Waals surface area contributed by atoms with Crippen LogP contribution in [0.4, 0.5) is 17.6 Å². The maximum Gasteiger partial charge on any atom is 0.401 e. The van der Waals surface area contributed by atoms with Crippen LogP contribution >= 0.6 is 0 Å². The number of likely N-dealkylation sites (N-methyl/N-ethyl adjacent to an activating group) is 1. The maximum atomic E-state index is 13.0. The lowest BCUT2D eigenvalue weighted by Gasteiger charge is -2.33. The third-order valence-electron chi connectivity index (χ3n) is 4.71. The van der Waals surface area contributed by atoms with Crippen molar-refractivity contribution in [3.63, 3.8) is 0 Å². The summed E-state index contributed by atoms with van der Waals surface area (Å²) < 4.78 is 50.0. The van der Waals surface area contributed by atoms with Crippen LogP contribution in [0.15, 0.2) is 29.3 Å². The average Bonchev–Trinajstić information content (AvgIpc) is 2.63. The third-order valence-corrected chi connectivity index (χ3v) is 4.71. The van der Waals surface area contributed by atoms with Gasteiger partial charge in [-0.1, -0.05) is 12.1 Å². The van der Waals surface area contributed by atoms with Gasteiger partial charge in [0.05, 0.1) is 6.54 Å². The molecule has 0 atom stereocenters. The Bertz CT molecular complexity index is 610. The summed E-state index contributed by atoms with van der Waals surface area (Å²) >= 11 is 0. The second-order valence-corrected chi connectivity index (χ2v) is 7.17. The molecule has 0 aliphatic carbocycles. The fourth-order valence-electron chi connectivity index (χ4n) is 3.22. The van der Waals surface area contributed by atoms with E-state index in [4.69, 9.17) is 0 Å². The molecule has 5 nitrogen and oxygen atoms in total. The molecule has 0 unspecified atom stereocenters. The summed E-state index contributed by atoms with van der Waals surface area (Å²) in [6.07, 6.45) is -2.30. The average molecular weight is 403 g/mol. The lowest BCUT2D eigenvalue weighted by molar-refractivity contribution is -0.142. The highest BCUT2D eigenvalue weighted by molar-refractivity contribution is 5.79. The van der Waals surface area contributed by atoms with E-state index in [9.17, 15) is 17.6 Å². The van der Waals surface area contributed by atoms with Crippen molar-refractivity contribution >= 4 is 5.96 Å². The molecule has 158 valence electrons. The number of nitrogens with zero attached hydrogens (tertiary/aromatic N) is 3.